The monoisotopic (exact) mass is 565 g/mol. The van der Waals surface area contributed by atoms with Gasteiger partial charge in [-0.15, -0.1) is 0 Å². The molecule has 0 N–H and O–H groups in total. The van der Waals surface area contributed by atoms with E-state index in [4.69, 9.17) is 16.3 Å². The molecule has 0 rings (SSSR count). The third-order valence-electron chi connectivity index (χ3n) is 1.96. The Morgan fingerprint density at radius 2 is 1.48 bits per heavy atom. The molecule has 0 aliphatic rings. The molecule has 0 aromatic carbocycles. The molecule has 0 aromatic rings. The molecule has 0 aliphatic carbocycles. The second-order valence-corrected chi connectivity index (χ2v) is 3.88. The number of hydrogen-bond donors (Lipinski definition) is 0. The molecule has 10 heteroatoms. The maximum Gasteiger partial charge on any atom is 1.00 e. The van der Waals surface area contributed by atoms with Gasteiger partial charge in [0.2, 0.25) is 5.24 Å². The van der Waals surface area contributed by atoms with Crippen LogP contribution in [0.15, 0.2) is 0 Å². The first-order chi connectivity index (χ1) is 9.10. The van der Waals surface area contributed by atoms with Gasteiger partial charge in [0, 0.05) is 54.6 Å². The third-order valence-corrected chi connectivity index (χ3v) is 2.15. The van der Waals surface area contributed by atoms with E-state index in [0.29, 0.717) is 12.8 Å². The Balaban J connectivity index is -0.00000162. The van der Waals surface area contributed by atoms with Crippen molar-refractivity contribution in [2.24, 2.45) is 0 Å². The van der Waals surface area contributed by atoms with Crippen LogP contribution < -0.4 is 68.9 Å². The van der Waals surface area contributed by atoms with E-state index in [1.54, 1.807) is 0 Å². The van der Waals surface area contributed by atoms with Crippen LogP contribution in [0.3, 0.4) is 0 Å². The smallest absolute Gasteiger partial charge is 0.650 e. The summed E-state index contributed by atoms with van der Waals surface area (Å²) in [5.41, 5.74) is 0. The van der Waals surface area contributed by atoms with Crippen molar-refractivity contribution < 1.29 is 144 Å². The molecule has 0 fully saturated rings. The number of carbonyl (C=O) groups excluding carboxylic acids is 4. The van der Waals surface area contributed by atoms with Crippen LogP contribution in [0.4, 0.5) is 0 Å². The quantitative estimate of drug-likeness (QED) is 0.0842. The zero-order valence-electron chi connectivity index (χ0n) is 11.6. The van der Waals surface area contributed by atoms with E-state index in [1.165, 1.54) is 12.9 Å². The van der Waals surface area contributed by atoms with Crippen LogP contribution in [0, 0.1) is 41.7 Å². The van der Waals surface area contributed by atoms with E-state index in [0.717, 1.165) is 0 Å². The van der Waals surface area contributed by atoms with Gasteiger partial charge in [-0.1, -0.05) is 12.9 Å². The average molecular weight is 566 g/mol. The summed E-state index contributed by atoms with van der Waals surface area (Å²) >= 11 is 5.13. The van der Waals surface area contributed by atoms with Crippen molar-refractivity contribution in [2.45, 2.75) is 31.8 Å². The second kappa shape index (κ2) is 19.8. The van der Waals surface area contributed by atoms with Gasteiger partial charge in [-0.05, 0) is 24.4 Å². The van der Waals surface area contributed by atoms with Crippen molar-refractivity contribution in [3.05, 3.63) is 0 Å². The molecule has 0 bridgehead atoms. The summed E-state index contributed by atoms with van der Waals surface area (Å²) in [5.74, 6) is -0.559. The number of ether oxygens (including phenoxy) is 3. The zero-order valence-corrected chi connectivity index (χ0v) is 21.7. The van der Waals surface area contributed by atoms with Crippen LogP contribution in [0.5, 0.6) is 0 Å². The summed E-state index contributed by atoms with van der Waals surface area (Å²) in [6, 6.07) is 0. The minimum atomic E-state index is -0.898. The summed E-state index contributed by atoms with van der Waals surface area (Å²) in [7, 11) is 0. The number of hydrogen-bond acceptors (Lipinski definition) is 7. The summed E-state index contributed by atoms with van der Waals surface area (Å²) in [6.07, 6.45) is 0.274. The topological polar surface area (TPSA) is 96.0 Å². The first-order valence-corrected chi connectivity index (χ1v) is 5.83. The fourth-order valence-electron chi connectivity index (χ4n) is 1.15. The van der Waals surface area contributed by atoms with Gasteiger partial charge in [0.25, 0.3) is 0 Å². The van der Waals surface area contributed by atoms with Crippen LogP contribution in [0.2, 0.25) is 0 Å². The van der Waals surface area contributed by atoms with Crippen molar-refractivity contribution >= 4 is 35.8 Å². The molecule has 0 heterocycles. The molecule has 0 amide bonds. The minimum absolute atomic E-state index is 0. The molecule has 0 saturated heterocycles. The van der Waals surface area contributed by atoms with E-state index in [-0.39, 0.29) is 137 Å². The van der Waals surface area contributed by atoms with E-state index >= 15 is 0 Å². The van der Waals surface area contributed by atoms with Crippen LogP contribution in [-0.2, 0) is 33.4 Å². The Kier molecular flexibility index (Phi) is 26.1. The molecule has 7 nitrogen and oxygen atoms in total. The number of esters is 1. The molecule has 112 valence electrons. The molecule has 0 saturated carbocycles. The molecule has 0 atom stereocenters. The van der Waals surface area contributed by atoms with Gasteiger partial charge in [0.1, 0.15) is 0 Å². The number of unbranched alkanes of at least 4 members (excludes halogenated alkanes) is 1. The van der Waals surface area contributed by atoms with Crippen LogP contribution in [-0.4, -0.2) is 43.5 Å². The molecular weight excluding hydrogens is 553 g/mol. The van der Waals surface area contributed by atoms with E-state index in [2.05, 4.69) is 9.47 Å². The van der Waals surface area contributed by atoms with Gasteiger partial charge in [-0.2, -0.15) is 0 Å². The Morgan fingerprint density at radius 3 is 1.90 bits per heavy atom. The van der Waals surface area contributed by atoms with Crippen molar-refractivity contribution in [3.8, 4) is 0 Å². The maximum absolute atomic E-state index is 11.4. The second-order valence-electron chi connectivity index (χ2n) is 3.46. The predicted octanol–water partition coefficient (Wildman–Crippen LogP) is -2.60. The number of carbonyl (C=O) groups is 2. The van der Waals surface area contributed by atoms with Crippen molar-refractivity contribution in [1.82, 2.24) is 0 Å². The van der Waals surface area contributed by atoms with E-state index in [9.17, 15) is 19.2 Å². The van der Waals surface area contributed by atoms with Crippen molar-refractivity contribution in [3.63, 3.8) is 0 Å². The Labute approximate surface area is 220 Å². The molecule has 0 unspecified atom stereocenters. The minimum Gasteiger partial charge on any atom is -0.650 e. The van der Waals surface area contributed by atoms with Crippen LogP contribution in [0.1, 0.15) is 25.7 Å². The molecule has 0 aliphatic heterocycles. The fourth-order valence-corrected chi connectivity index (χ4v) is 1.28. The first kappa shape index (κ1) is 27.6. The molecule has 0 spiro atoms. The molecule has 0 radical (unpaired) electrons. The van der Waals surface area contributed by atoms with Crippen molar-refractivity contribution in [2.75, 3.05) is 13.2 Å². The van der Waals surface area contributed by atoms with E-state index < -0.39 is 17.3 Å². The zero-order chi connectivity index (χ0) is 14.5. The Morgan fingerprint density at radius 1 is 1.00 bits per heavy atom. The van der Waals surface area contributed by atoms with Gasteiger partial charge >= 0.3 is 74.9 Å². The van der Waals surface area contributed by atoms with Crippen LogP contribution in [0.25, 0.3) is 0 Å². The fraction of sp³-hybridized carbons (Fsp3) is 0.636. The van der Waals surface area contributed by atoms with Crippen molar-refractivity contribution in [1.29, 1.82) is 0 Å². The molecule has 21 heavy (non-hydrogen) atoms. The summed E-state index contributed by atoms with van der Waals surface area (Å²) in [5, 5.41) is -0.462. The molecule has 0 aromatic heterocycles. The Hall–Kier alpha value is 1.80. The van der Waals surface area contributed by atoms with Gasteiger partial charge < -0.3 is 23.8 Å². The SMILES string of the molecule is O=[C-]OCC(CO[C-]=O)OC(=O)CCCCC(=O)Cl.[Ce].[Cs+]. The normalized spacial score (nSPS) is 8.86. The maximum atomic E-state index is 11.4. The first-order valence-electron chi connectivity index (χ1n) is 5.45. The summed E-state index contributed by atoms with van der Waals surface area (Å²) in [6.45, 7) is 1.80. The van der Waals surface area contributed by atoms with Gasteiger partial charge in [-0.25, -0.2) is 0 Å². The van der Waals surface area contributed by atoms with Gasteiger partial charge in [-0.3, -0.25) is 9.59 Å². The average Bonchev–Trinajstić information content (AvgIpc) is 2.37. The van der Waals surface area contributed by atoms with E-state index in [1.807, 2.05) is 0 Å². The van der Waals surface area contributed by atoms with Gasteiger partial charge in [0.05, 0.1) is 13.2 Å². The Bertz CT molecular complexity index is 305. The third kappa shape index (κ3) is 19.8. The number of rotatable bonds is 12. The standard InChI is InChI=1S/C11H13ClO7.Ce.Cs/c12-10(15)3-1-2-4-11(16)19-9(5-17-7-13)6-18-8-14;;/h9H,1-6H2;;/q-2;;+1. The largest absolute Gasteiger partial charge is 1.00 e. The predicted molar refractivity (Wildman–Crippen MR) is 62.5 cm³/mol. The summed E-state index contributed by atoms with van der Waals surface area (Å²) < 4.78 is 13.5. The van der Waals surface area contributed by atoms with Crippen LogP contribution >= 0.6 is 11.6 Å². The molecular formula is C11H13CeClCsO7-. The number of halogens is 1. The summed E-state index contributed by atoms with van der Waals surface area (Å²) in [4.78, 5) is 41.6. The van der Waals surface area contributed by atoms with Gasteiger partial charge in [0.15, 0.2) is 6.10 Å².